The molecule has 1 N–H and O–H groups in total. The average Bonchev–Trinajstić information content (AvgIpc) is 3.22. The number of aliphatic hydroxyl groups is 1. The topological polar surface area (TPSA) is 70.1 Å². The fourth-order valence-corrected chi connectivity index (χ4v) is 5.03. The van der Waals surface area contributed by atoms with Crippen LogP contribution in [0.4, 0.5) is 0 Å². The summed E-state index contributed by atoms with van der Waals surface area (Å²) in [5, 5.41) is 11.5. The van der Waals surface area contributed by atoms with E-state index >= 15 is 0 Å². The third-order valence-corrected chi connectivity index (χ3v) is 7.48. The number of likely N-dealkylation sites (tertiary alicyclic amines) is 1. The first kappa shape index (κ1) is 28.1. The molecular weight excluding hydrogens is 488 g/mol. The molecule has 0 bridgehead atoms. The van der Waals surface area contributed by atoms with Gasteiger partial charge in [-0.25, -0.2) is 0 Å². The molecule has 1 aliphatic rings. The van der Waals surface area contributed by atoms with Crippen LogP contribution in [-0.2, 0) is 22.6 Å². The summed E-state index contributed by atoms with van der Waals surface area (Å²) in [6, 6.07) is 22.5. The van der Waals surface area contributed by atoms with Gasteiger partial charge in [-0.3, -0.25) is 9.59 Å². The number of aliphatic hydroxyl groups excluding tert-OH is 1. The van der Waals surface area contributed by atoms with E-state index in [0.29, 0.717) is 31.0 Å². The minimum Gasteiger partial charge on any atom is -0.507 e. The van der Waals surface area contributed by atoms with Gasteiger partial charge in [0.15, 0.2) is 0 Å². The predicted molar refractivity (Wildman–Crippen MR) is 155 cm³/mol. The molecule has 3 aromatic rings. The molecule has 1 saturated heterocycles. The van der Waals surface area contributed by atoms with Crippen molar-refractivity contribution in [3.8, 4) is 5.75 Å². The predicted octanol–water partition coefficient (Wildman–Crippen LogP) is 5.90. The molecule has 0 saturated carbocycles. The third-order valence-electron chi connectivity index (χ3n) is 7.48. The van der Waals surface area contributed by atoms with Crippen LogP contribution in [0.15, 0.2) is 78.4 Å². The average molecular weight is 527 g/mol. The van der Waals surface area contributed by atoms with Gasteiger partial charge in [0.25, 0.3) is 11.7 Å². The first-order valence-electron chi connectivity index (χ1n) is 13.7. The number of amides is 1. The van der Waals surface area contributed by atoms with Crippen molar-refractivity contribution < 1.29 is 19.4 Å². The molecular formula is C33H38N2O4. The zero-order valence-corrected chi connectivity index (χ0v) is 23.3. The Bertz CT molecular complexity index is 1330. The Morgan fingerprint density at radius 3 is 2.23 bits per heavy atom. The molecule has 204 valence electrons. The molecule has 0 aromatic heterocycles. The Labute approximate surface area is 231 Å². The maximum Gasteiger partial charge on any atom is 0.295 e. The highest BCUT2D eigenvalue weighted by Crippen LogP contribution is 2.40. The van der Waals surface area contributed by atoms with Crippen molar-refractivity contribution in [2.24, 2.45) is 0 Å². The summed E-state index contributed by atoms with van der Waals surface area (Å²) >= 11 is 0. The van der Waals surface area contributed by atoms with E-state index < -0.39 is 17.7 Å². The number of hydrogen-bond donors (Lipinski definition) is 1. The van der Waals surface area contributed by atoms with Gasteiger partial charge in [0, 0.05) is 18.7 Å². The molecule has 1 heterocycles. The number of ether oxygens (including phenoxy) is 1. The zero-order chi connectivity index (χ0) is 27.9. The van der Waals surface area contributed by atoms with Crippen LogP contribution in [0.3, 0.4) is 0 Å². The summed E-state index contributed by atoms with van der Waals surface area (Å²) in [5.74, 6) is -0.700. The lowest BCUT2D eigenvalue weighted by molar-refractivity contribution is -0.140. The molecule has 6 nitrogen and oxygen atoms in total. The Morgan fingerprint density at radius 2 is 1.62 bits per heavy atom. The number of Topliss-reactive ketones (excluding diaryl/α,β-unsaturated/α-hetero) is 1. The van der Waals surface area contributed by atoms with Gasteiger partial charge in [-0.1, -0.05) is 75.4 Å². The largest absolute Gasteiger partial charge is 0.507 e. The maximum atomic E-state index is 13.4. The number of carbonyl (C=O) groups excluding carboxylic acids is 2. The minimum absolute atomic E-state index is 0.126. The van der Waals surface area contributed by atoms with Crippen LogP contribution in [0.1, 0.15) is 54.6 Å². The zero-order valence-electron chi connectivity index (χ0n) is 23.3. The maximum absolute atomic E-state index is 13.4. The van der Waals surface area contributed by atoms with Crippen molar-refractivity contribution in [1.29, 1.82) is 0 Å². The molecule has 0 aliphatic carbocycles. The number of ketones is 1. The van der Waals surface area contributed by atoms with E-state index in [1.54, 1.807) is 23.1 Å². The normalized spacial score (nSPS) is 16.7. The number of carbonyl (C=O) groups is 2. The highest BCUT2D eigenvalue weighted by atomic mass is 16.5. The lowest BCUT2D eigenvalue weighted by atomic mass is 9.94. The Morgan fingerprint density at radius 1 is 0.923 bits per heavy atom. The van der Waals surface area contributed by atoms with Crippen LogP contribution in [0, 0.1) is 6.92 Å². The Balaban J connectivity index is 1.69. The lowest BCUT2D eigenvalue weighted by Crippen LogP contribution is -2.38. The number of benzene rings is 3. The first-order valence-corrected chi connectivity index (χ1v) is 13.7. The Hall–Kier alpha value is -3.90. The van der Waals surface area contributed by atoms with E-state index in [-0.39, 0.29) is 11.3 Å². The van der Waals surface area contributed by atoms with Crippen molar-refractivity contribution in [2.75, 3.05) is 26.2 Å². The smallest absolute Gasteiger partial charge is 0.295 e. The molecule has 1 atom stereocenters. The summed E-state index contributed by atoms with van der Waals surface area (Å²) in [4.78, 5) is 30.5. The Kier molecular flexibility index (Phi) is 9.20. The van der Waals surface area contributed by atoms with Crippen molar-refractivity contribution in [3.63, 3.8) is 0 Å². The second kappa shape index (κ2) is 12.8. The standard InChI is InChI=1S/C33H38N2O4/c1-5-24-13-15-26(16-14-24)30-29(32(37)33(38)35(30)20-19-34(6-2)7-3)31(36)27-17-18-28(23(4)21-27)39-22-25-11-9-8-10-12-25/h8-18,21,30,36H,5-7,19-20,22H2,1-4H3/t30-/m0/s1. The SMILES string of the molecule is CCc1ccc([C@H]2C(=C(O)c3ccc(OCc4ccccc4)c(C)c3)C(=O)C(=O)N2CCN(CC)CC)cc1. The fourth-order valence-electron chi connectivity index (χ4n) is 5.03. The van der Waals surface area contributed by atoms with E-state index in [0.717, 1.165) is 36.2 Å². The number of hydrogen-bond acceptors (Lipinski definition) is 5. The molecule has 0 spiro atoms. The van der Waals surface area contributed by atoms with Gasteiger partial charge >= 0.3 is 0 Å². The molecule has 1 fully saturated rings. The van der Waals surface area contributed by atoms with Crippen LogP contribution >= 0.6 is 0 Å². The van der Waals surface area contributed by atoms with Crippen molar-refractivity contribution in [2.45, 2.75) is 46.8 Å². The van der Waals surface area contributed by atoms with E-state index in [1.807, 2.05) is 61.5 Å². The summed E-state index contributed by atoms with van der Waals surface area (Å²) in [5.41, 5.74) is 4.47. The molecule has 6 heteroatoms. The number of aryl methyl sites for hydroxylation is 2. The van der Waals surface area contributed by atoms with E-state index in [4.69, 9.17) is 4.74 Å². The van der Waals surface area contributed by atoms with Gasteiger partial charge in [-0.05, 0) is 66.9 Å². The molecule has 3 aromatic carbocycles. The van der Waals surface area contributed by atoms with Crippen molar-refractivity contribution in [1.82, 2.24) is 9.80 Å². The highest BCUT2D eigenvalue weighted by Gasteiger charge is 2.46. The quantitative estimate of drug-likeness (QED) is 0.191. The van der Waals surface area contributed by atoms with Crippen LogP contribution in [0.2, 0.25) is 0 Å². The lowest BCUT2D eigenvalue weighted by Gasteiger charge is -2.28. The molecule has 1 aliphatic heterocycles. The van der Waals surface area contributed by atoms with Crippen molar-refractivity contribution in [3.05, 3.63) is 106 Å². The first-order chi connectivity index (χ1) is 18.9. The summed E-state index contributed by atoms with van der Waals surface area (Å²) < 4.78 is 5.99. The van der Waals surface area contributed by atoms with Gasteiger partial charge in [0.2, 0.25) is 0 Å². The van der Waals surface area contributed by atoms with Gasteiger partial charge in [-0.15, -0.1) is 0 Å². The van der Waals surface area contributed by atoms with E-state index in [2.05, 4.69) is 25.7 Å². The number of likely N-dealkylation sites (N-methyl/N-ethyl adjacent to an activating group) is 1. The van der Waals surface area contributed by atoms with Crippen LogP contribution in [0.25, 0.3) is 5.76 Å². The summed E-state index contributed by atoms with van der Waals surface area (Å²) in [6.07, 6.45) is 0.889. The van der Waals surface area contributed by atoms with Gasteiger partial charge in [0.1, 0.15) is 18.1 Å². The second-order valence-electron chi connectivity index (χ2n) is 9.87. The molecule has 39 heavy (non-hydrogen) atoms. The third kappa shape index (κ3) is 6.23. The molecule has 1 amide bonds. The summed E-state index contributed by atoms with van der Waals surface area (Å²) in [7, 11) is 0. The van der Waals surface area contributed by atoms with Crippen molar-refractivity contribution >= 4 is 17.4 Å². The monoisotopic (exact) mass is 526 g/mol. The summed E-state index contributed by atoms with van der Waals surface area (Å²) in [6.45, 7) is 11.3. The molecule has 0 unspecified atom stereocenters. The molecule has 0 radical (unpaired) electrons. The number of nitrogens with zero attached hydrogens (tertiary/aromatic N) is 2. The van der Waals surface area contributed by atoms with Crippen LogP contribution < -0.4 is 4.74 Å². The van der Waals surface area contributed by atoms with Crippen LogP contribution in [0.5, 0.6) is 5.75 Å². The second-order valence-corrected chi connectivity index (χ2v) is 9.87. The molecule has 4 rings (SSSR count). The van der Waals surface area contributed by atoms with Gasteiger partial charge < -0.3 is 19.6 Å². The van der Waals surface area contributed by atoms with Gasteiger partial charge in [-0.2, -0.15) is 0 Å². The number of rotatable bonds is 11. The van der Waals surface area contributed by atoms with Gasteiger partial charge in [0.05, 0.1) is 11.6 Å². The van der Waals surface area contributed by atoms with Crippen LogP contribution in [-0.4, -0.2) is 52.8 Å². The van der Waals surface area contributed by atoms with E-state index in [9.17, 15) is 14.7 Å². The fraction of sp³-hybridized carbons (Fsp3) is 0.333. The minimum atomic E-state index is -0.654. The van der Waals surface area contributed by atoms with E-state index in [1.165, 1.54) is 5.56 Å². The highest BCUT2D eigenvalue weighted by molar-refractivity contribution is 6.46.